The van der Waals surface area contributed by atoms with Crippen LogP contribution in [-0.2, 0) is 11.2 Å². The van der Waals surface area contributed by atoms with Crippen molar-refractivity contribution in [1.82, 2.24) is 10.3 Å². The van der Waals surface area contributed by atoms with Gasteiger partial charge in [0, 0.05) is 69.3 Å². The van der Waals surface area contributed by atoms with Gasteiger partial charge in [-0.15, -0.1) is 0 Å². The summed E-state index contributed by atoms with van der Waals surface area (Å²) in [5.41, 5.74) is 3.58. The summed E-state index contributed by atoms with van der Waals surface area (Å²) >= 11 is 0. The summed E-state index contributed by atoms with van der Waals surface area (Å²) in [6.45, 7) is 4.77. The molecule has 1 fully saturated rings. The Morgan fingerprint density at radius 3 is 2.08 bits per heavy atom. The Morgan fingerprint density at radius 2 is 1.52 bits per heavy atom. The number of benzene rings is 1. The largest absolute Gasteiger partial charge is 0.368 e. The number of hydrogen-bond acceptors (Lipinski definition) is 5. The zero-order valence-corrected chi connectivity index (χ0v) is 14.8. The molecule has 132 valence electrons. The van der Waals surface area contributed by atoms with Crippen LogP contribution in [0.2, 0.25) is 0 Å². The van der Waals surface area contributed by atoms with Crippen molar-refractivity contribution in [2.75, 3.05) is 49.6 Å². The van der Waals surface area contributed by atoms with Gasteiger partial charge in [-0.1, -0.05) is 12.1 Å². The van der Waals surface area contributed by atoms with Gasteiger partial charge in [0.15, 0.2) is 0 Å². The molecule has 0 bridgehead atoms. The maximum atomic E-state index is 11.9. The number of carbonyl (C=O) groups excluding carboxylic acids is 1. The fourth-order valence-electron chi connectivity index (χ4n) is 3.18. The van der Waals surface area contributed by atoms with Gasteiger partial charge in [0.2, 0.25) is 0 Å². The monoisotopic (exact) mass is 338 g/mol. The van der Waals surface area contributed by atoms with Crippen LogP contribution < -0.4 is 15.1 Å². The maximum Gasteiger partial charge on any atom is 0.138 e. The Bertz CT molecular complexity index is 664. The predicted octanol–water partition coefficient (Wildman–Crippen LogP) is 2.13. The van der Waals surface area contributed by atoms with Crippen molar-refractivity contribution >= 4 is 17.2 Å². The van der Waals surface area contributed by atoms with Gasteiger partial charge in [0.1, 0.15) is 5.78 Å². The van der Waals surface area contributed by atoms with Crippen LogP contribution in [0.1, 0.15) is 12.0 Å². The summed E-state index contributed by atoms with van der Waals surface area (Å²) in [4.78, 5) is 20.8. The number of nitrogens with one attached hydrogen (secondary N) is 1. The van der Waals surface area contributed by atoms with Crippen LogP contribution in [0.4, 0.5) is 11.4 Å². The van der Waals surface area contributed by atoms with Gasteiger partial charge in [0.05, 0.1) is 0 Å². The molecule has 0 spiro atoms. The van der Waals surface area contributed by atoms with Crippen molar-refractivity contribution in [2.24, 2.45) is 0 Å². The molecule has 0 saturated carbocycles. The summed E-state index contributed by atoms with van der Waals surface area (Å²) < 4.78 is 0. The van der Waals surface area contributed by atoms with E-state index in [0.29, 0.717) is 12.8 Å². The SMILES string of the molecule is CNCCC(=O)Cc1ccc(N2CCN(c3ccncc3)CC2)cc1. The molecule has 1 aliphatic rings. The molecule has 0 aliphatic carbocycles. The fourth-order valence-corrected chi connectivity index (χ4v) is 3.18. The standard InChI is InChI=1S/C20H26N4O/c1-21-9-8-20(25)16-17-2-4-18(5-3-17)23-12-14-24(15-13-23)19-6-10-22-11-7-19/h2-7,10-11,21H,8-9,12-16H2,1H3. The number of aromatic nitrogens is 1. The first kappa shape index (κ1) is 17.4. The molecule has 0 atom stereocenters. The molecule has 0 unspecified atom stereocenters. The van der Waals surface area contributed by atoms with Crippen LogP contribution in [0.25, 0.3) is 0 Å². The third kappa shape index (κ3) is 4.79. The molecule has 2 aromatic rings. The maximum absolute atomic E-state index is 11.9. The van der Waals surface area contributed by atoms with E-state index in [-0.39, 0.29) is 5.78 Å². The van der Waals surface area contributed by atoms with Crippen molar-refractivity contribution in [3.63, 3.8) is 0 Å². The third-order valence-corrected chi connectivity index (χ3v) is 4.66. The summed E-state index contributed by atoms with van der Waals surface area (Å²) in [5, 5.41) is 3.02. The first-order valence-corrected chi connectivity index (χ1v) is 8.91. The molecule has 5 nitrogen and oxygen atoms in total. The molecular formula is C20H26N4O. The van der Waals surface area contributed by atoms with Crippen molar-refractivity contribution in [2.45, 2.75) is 12.8 Å². The highest BCUT2D eigenvalue weighted by molar-refractivity contribution is 5.81. The molecule has 25 heavy (non-hydrogen) atoms. The van der Waals surface area contributed by atoms with Gasteiger partial charge >= 0.3 is 0 Å². The normalized spacial score (nSPS) is 14.6. The topological polar surface area (TPSA) is 48.5 Å². The molecule has 1 aliphatic heterocycles. The smallest absolute Gasteiger partial charge is 0.138 e. The lowest BCUT2D eigenvalue weighted by atomic mass is 10.1. The van der Waals surface area contributed by atoms with E-state index in [4.69, 9.17) is 0 Å². The lowest BCUT2D eigenvalue weighted by Gasteiger charge is -2.37. The Morgan fingerprint density at radius 1 is 0.960 bits per heavy atom. The minimum absolute atomic E-state index is 0.285. The number of ketones is 1. The van der Waals surface area contributed by atoms with E-state index in [1.807, 2.05) is 19.4 Å². The van der Waals surface area contributed by atoms with Crippen LogP contribution in [0.3, 0.4) is 0 Å². The highest BCUT2D eigenvalue weighted by atomic mass is 16.1. The molecule has 1 N–H and O–H groups in total. The summed E-state index contributed by atoms with van der Waals surface area (Å²) in [6.07, 6.45) is 4.81. The fraction of sp³-hybridized carbons (Fsp3) is 0.400. The van der Waals surface area contributed by atoms with Crippen molar-refractivity contribution in [1.29, 1.82) is 0 Å². The number of rotatable bonds is 7. The Kier molecular flexibility index (Phi) is 6.01. The molecule has 2 heterocycles. The first-order valence-electron chi connectivity index (χ1n) is 8.91. The van der Waals surface area contributed by atoms with Crippen molar-refractivity contribution < 1.29 is 4.79 Å². The number of anilines is 2. The predicted molar refractivity (Wildman–Crippen MR) is 102 cm³/mol. The quantitative estimate of drug-likeness (QED) is 0.838. The summed E-state index contributed by atoms with van der Waals surface area (Å²) in [7, 11) is 1.87. The van der Waals surface area contributed by atoms with Gasteiger partial charge in [-0.05, 0) is 36.9 Å². The lowest BCUT2D eigenvalue weighted by Crippen LogP contribution is -2.46. The molecule has 0 radical (unpaired) electrons. The number of nitrogens with zero attached hydrogens (tertiary/aromatic N) is 3. The van der Waals surface area contributed by atoms with Crippen molar-refractivity contribution in [3.05, 3.63) is 54.4 Å². The van der Waals surface area contributed by atoms with Crippen LogP contribution in [0.15, 0.2) is 48.8 Å². The minimum atomic E-state index is 0.285. The van der Waals surface area contributed by atoms with Gasteiger partial charge in [0.25, 0.3) is 0 Å². The Hall–Kier alpha value is -2.40. The second-order valence-electron chi connectivity index (χ2n) is 6.41. The summed E-state index contributed by atoms with van der Waals surface area (Å²) in [5.74, 6) is 0.285. The van der Waals surface area contributed by atoms with Crippen LogP contribution in [0, 0.1) is 0 Å². The lowest BCUT2D eigenvalue weighted by molar-refractivity contribution is -0.118. The van der Waals surface area contributed by atoms with E-state index in [1.165, 1.54) is 11.4 Å². The highest BCUT2D eigenvalue weighted by Crippen LogP contribution is 2.20. The van der Waals surface area contributed by atoms with E-state index in [9.17, 15) is 4.79 Å². The van der Waals surface area contributed by atoms with E-state index >= 15 is 0 Å². The highest BCUT2D eigenvalue weighted by Gasteiger charge is 2.17. The molecule has 1 saturated heterocycles. The molecule has 3 rings (SSSR count). The molecule has 5 heteroatoms. The molecule has 0 amide bonds. The number of piperazine rings is 1. The number of pyridine rings is 1. The Labute approximate surface area is 149 Å². The van der Waals surface area contributed by atoms with E-state index < -0.39 is 0 Å². The van der Waals surface area contributed by atoms with Crippen LogP contribution in [0.5, 0.6) is 0 Å². The average molecular weight is 338 g/mol. The molecule has 1 aromatic heterocycles. The van der Waals surface area contributed by atoms with Crippen molar-refractivity contribution in [3.8, 4) is 0 Å². The first-order chi connectivity index (χ1) is 12.3. The average Bonchev–Trinajstić information content (AvgIpc) is 2.68. The third-order valence-electron chi connectivity index (χ3n) is 4.66. The molecular weight excluding hydrogens is 312 g/mol. The van der Waals surface area contributed by atoms with Crippen LogP contribution >= 0.6 is 0 Å². The number of carbonyl (C=O) groups is 1. The zero-order valence-electron chi connectivity index (χ0n) is 14.8. The van der Waals surface area contributed by atoms with E-state index in [0.717, 1.165) is 38.3 Å². The van der Waals surface area contributed by atoms with Gasteiger partial charge in [-0.2, -0.15) is 0 Å². The van der Waals surface area contributed by atoms with E-state index in [2.05, 4.69) is 56.5 Å². The minimum Gasteiger partial charge on any atom is -0.368 e. The van der Waals surface area contributed by atoms with Gasteiger partial charge in [-0.3, -0.25) is 9.78 Å². The number of Topliss-reactive ketones (excluding diaryl/α,β-unsaturated/α-hetero) is 1. The molecule has 1 aromatic carbocycles. The van der Waals surface area contributed by atoms with Gasteiger partial charge < -0.3 is 15.1 Å². The Balaban J connectivity index is 1.52. The van der Waals surface area contributed by atoms with Gasteiger partial charge in [-0.25, -0.2) is 0 Å². The number of hydrogen-bond donors (Lipinski definition) is 1. The van der Waals surface area contributed by atoms with E-state index in [1.54, 1.807) is 0 Å². The zero-order chi connectivity index (χ0) is 17.5. The second kappa shape index (κ2) is 8.62. The second-order valence-corrected chi connectivity index (χ2v) is 6.41. The van der Waals surface area contributed by atoms with Crippen LogP contribution in [-0.4, -0.2) is 50.5 Å². The summed E-state index contributed by atoms with van der Waals surface area (Å²) in [6, 6.07) is 12.6.